The van der Waals surface area contributed by atoms with Gasteiger partial charge in [-0.25, -0.2) is 10.5 Å². The van der Waals surface area contributed by atoms with E-state index in [4.69, 9.17) is 0 Å². The molecule has 3 amide bonds. The Morgan fingerprint density at radius 2 is 1.82 bits per heavy atom. The van der Waals surface area contributed by atoms with Gasteiger partial charge in [-0.05, 0) is 30.6 Å². The number of hydroxylamine groups is 1. The first-order valence-electron chi connectivity index (χ1n) is 12.7. The highest BCUT2D eigenvalue weighted by molar-refractivity contribution is 5.89. The predicted octanol–water partition coefficient (Wildman–Crippen LogP) is 3.61. The number of aromatic nitrogens is 2. The number of amides is 3. The minimum Gasteiger partial charge on any atom is -0.348 e. The Kier molecular flexibility index (Phi) is 11.5. The van der Waals surface area contributed by atoms with Gasteiger partial charge < -0.3 is 4.98 Å². The van der Waals surface area contributed by atoms with E-state index in [1.165, 1.54) is 30.7 Å². The number of nitrogens with one attached hydrogen (secondary N) is 3. The molecule has 34 heavy (non-hydrogen) atoms. The lowest BCUT2D eigenvalue weighted by molar-refractivity contribution is -0.148. The normalized spacial score (nSPS) is 16.0. The number of nitrogens with zero attached hydrogens (tertiary/aromatic N) is 2. The fraction of sp³-hybridized carbons (Fsp3) is 0.760. The lowest BCUT2D eigenvalue weighted by atomic mass is 9.80. The van der Waals surface area contributed by atoms with E-state index in [0.29, 0.717) is 31.1 Å². The van der Waals surface area contributed by atoms with Crippen molar-refractivity contribution in [2.45, 2.75) is 85.5 Å². The molecule has 192 valence electrons. The summed E-state index contributed by atoms with van der Waals surface area (Å²) in [6, 6.07) is 0. The smallest absolute Gasteiger partial charge is 0.248 e. The maximum Gasteiger partial charge on any atom is 0.248 e. The number of carbonyl (C=O) groups excluding carboxylic acids is 3. The lowest BCUT2D eigenvalue weighted by Crippen LogP contribution is -2.52. The van der Waals surface area contributed by atoms with Crippen LogP contribution in [-0.4, -0.2) is 44.5 Å². The molecule has 1 fully saturated rings. The molecule has 0 radical (unpaired) electrons. The zero-order valence-electron chi connectivity index (χ0n) is 21.2. The van der Waals surface area contributed by atoms with Crippen LogP contribution >= 0.6 is 0 Å². The van der Waals surface area contributed by atoms with Crippen LogP contribution in [0.4, 0.5) is 0 Å². The molecule has 9 nitrogen and oxygen atoms in total. The fourth-order valence-corrected chi connectivity index (χ4v) is 4.91. The Hall–Kier alpha value is -2.42. The highest BCUT2D eigenvalue weighted by atomic mass is 16.5. The van der Waals surface area contributed by atoms with Gasteiger partial charge in [-0.1, -0.05) is 66.2 Å². The molecule has 9 heteroatoms. The molecular weight excluding hydrogens is 434 g/mol. The van der Waals surface area contributed by atoms with Crippen LogP contribution in [0.15, 0.2) is 12.4 Å². The Morgan fingerprint density at radius 3 is 2.38 bits per heavy atom. The SMILES string of the molecule is CC(C)C[C@@H](C(=O)NN(CC(C)C)C(=O)Cc1ncc[nH]1)[C@H](CCCC1CCCC1)C(=O)NO. The van der Waals surface area contributed by atoms with Crippen molar-refractivity contribution in [2.24, 2.45) is 29.6 Å². The van der Waals surface area contributed by atoms with Crippen LogP contribution < -0.4 is 10.9 Å². The third kappa shape index (κ3) is 9.08. The molecule has 2 atom stereocenters. The van der Waals surface area contributed by atoms with E-state index in [2.05, 4.69) is 15.4 Å². The molecule has 0 aliphatic heterocycles. The number of carbonyl (C=O) groups is 3. The van der Waals surface area contributed by atoms with Crippen molar-refractivity contribution in [2.75, 3.05) is 6.54 Å². The highest BCUT2D eigenvalue weighted by Gasteiger charge is 2.35. The Labute approximate surface area is 203 Å². The molecule has 2 rings (SSSR count). The highest BCUT2D eigenvalue weighted by Crippen LogP contribution is 2.32. The average Bonchev–Trinajstić information content (AvgIpc) is 3.48. The summed E-state index contributed by atoms with van der Waals surface area (Å²) in [5.74, 6) is -0.973. The Morgan fingerprint density at radius 1 is 1.12 bits per heavy atom. The van der Waals surface area contributed by atoms with Gasteiger partial charge in [0.05, 0.1) is 18.3 Å². The third-order valence-corrected chi connectivity index (χ3v) is 6.56. The number of rotatable bonds is 13. The van der Waals surface area contributed by atoms with Gasteiger partial charge in [-0.2, -0.15) is 0 Å². The number of H-pyrrole nitrogens is 1. The zero-order valence-corrected chi connectivity index (χ0v) is 21.2. The van der Waals surface area contributed by atoms with E-state index >= 15 is 0 Å². The monoisotopic (exact) mass is 477 g/mol. The summed E-state index contributed by atoms with van der Waals surface area (Å²) < 4.78 is 0. The summed E-state index contributed by atoms with van der Waals surface area (Å²) in [5, 5.41) is 10.7. The van der Waals surface area contributed by atoms with Crippen LogP contribution in [0.25, 0.3) is 0 Å². The summed E-state index contributed by atoms with van der Waals surface area (Å²) in [6.45, 7) is 8.28. The number of imidazole rings is 1. The van der Waals surface area contributed by atoms with Crippen molar-refractivity contribution in [1.29, 1.82) is 0 Å². The second kappa shape index (κ2) is 14.1. The van der Waals surface area contributed by atoms with Gasteiger partial charge in [-0.15, -0.1) is 0 Å². The Balaban J connectivity index is 2.13. The standard InChI is InChI=1S/C25H43N5O4/c1-17(2)14-21(20(25(33)29-34)11-7-10-19-8-5-6-9-19)24(32)28-30(16-18(3)4)23(31)15-22-26-12-13-27-22/h12-13,17-21,34H,5-11,14-16H2,1-4H3,(H,26,27)(H,28,32)(H,29,33)/t20-,21+/m0/s1. The fourth-order valence-electron chi connectivity index (χ4n) is 4.91. The summed E-state index contributed by atoms with van der Waals surface area (Å²) in [5.41, 5.74) is 4.58. The van der Waals surface area contributed by atoms with Crippen molar-refractivity contribution in [1.82, 2.24) is 25.9 Å². The molecule has 0 bridgehead atoms. The van der Waals surface area contributed by atoms with Crippen LogP contribution in [0.2, 0.25) is 0 Å². The van der Waals surface area contributed by atoms with Gasteiger partial charge in [0.15, 0.2) is 0 Å². The summed E-state index contributed by atoms with van der Waals surface area (Å²) >= 11 is 0. The van der Waals surface area contributed by atoms with Crippen LogP contribution in [0.3, 0.4) is 0 Å². The van der Waals surface area contributed by atoms with Crippen molar-refractivity contribution >= 4 is 17.7 Å². The van der Waals surface area contributed by atoms with E-state index in [1.54, 1.807) is 17.9 Å². The molecular formula is C25H43N5O4. The van der Waals surface area contributed by atoms with Crippen molar-refractivity contribution < 1.29 is 19.6 Å². The summed E-state index contributed by atoms with van der Waals surface area (Å²) in [4.78, 5) is 46.1. The van der Waals surface area contributed by atoms with E-state index in [1.807, 2.05) is 27.7 Å². The number of aromatic amines is 1. The topological polar surface area (TPSA) is 127 Å². The molecule has 0 spiro atoms. The maximum atomic E-state index is 13.5. The molecule has 4 N–H and O–H groups in total. The minimum absolute atomic E-state index is 0.0385. The lowest BCUT2D eigenvalue weighted by Gasteiger charge is -2.31. The number of hydrogen-bond donors (Lipinski definition) is 4. The molecule has 1 saturated carbocycles. The molecule has 1 heterocycles. The predicted molar refractivity (Wildman–Crippen MR) is 129 cm³/mol. The van der Waals surface area contributed by atoms with Gasteiger partial charge in [0, 0.05) is 18.9 Å². The first-order valence-corrected chi connectivity index (χ1v) is 12.7. The van der Waals surface area contributed by atoms with Crippen molar-refractivity contribution in [3.63, 3.8) is 0 Å². The summed E-state index contributed by atoms with van der Waals surface area (Å²) in [7, 11) is 0. The number of hydrazine groups is 1. The van der Waals surface area contributed by atoms with Crippen LogP contribution in [0.1, 0.15) is 84.9 Å². The molecule has 1 aromatic heterocycles. The molecule has 0 unspecified atom stereocenters. The average molecular weight is 478 g/mol. The molecule has 0 saturated heterocycles. The largest absolute Gasteiger partial charge is 0.348 e. The number of hydrogen-bond acceptors (Lipinski definition) is 5. The van der Waals surface area contributed by atoms with E-state index < -0.39 is 17.7 Å². The van der Waals surface area contributed by atoms with Crippen molar-refractivity contribution in [3.8, 4) is 0 Å². The van der Waals surface area contributed by atoms with Gasteiger partial charge in [-0.3, -0.25) is 30.0 Å². The second-order valence-electron chi connectivity index (χ2n) is 10.5. The van der Waals surface area contributed by atoms with Gasteiger partial charge in [0.2, 0.25) is 17.7 Å². The first-order chi connectivity index (χ1) is 16.2. The van der Waals surface area contributed by atoms with Crippen LogP contribution in [0, 0.1) is 29.6 Å². The zero-order chi connectivity index (χ0) is 25.1. The van der Waals surface area contributed by atoms with Crippen molar-refractivity contribution in [3.05, 3.63) is 18.2 Å². The molecule has 0 aromatic carbocycles. The third-order valence-electron chi connectivity index (χ3n) is 6.56. The maximum absolute atomic E-state index is 13.5. The van der Waals surface area contributed by atoms with Gasteiger partial charge in [0.1, 0.15) is 5.82 Å². The minimum atomic E-state index is -0.658. The van der Waals surface area contributed by atoms with Crippen LogP contribution in [0.5, 0.6) is 0 Å². The summed E-state index contributed by atoms with van der Waals surface area (Å²) in [6.07, 6.45) is 11.1. The molecule has 1 aliphatic rings. The molecule has 1 aliphatic carbocycles. The quantitative estimate of drug-likeness (QED) is 0.255. The van der Waals surface area contributed by atoms with E-state index in [-0.39, 0.29) is 30.1 Å². The van der Waals surface area contributed by atoms with Gasteiger partial charge in [0.25, 0.3) is 0 Å². The van der Waals surface area contributed by atoms with E-state index in [0.717, 1.165) is 12.8 Å². The van der Waals surface area contributed by atoms with Gasteiger partial charge >= 0.3 is 0 Å². The second-order valence-corrected chi connectivity index (χ2v) is 10.5. The van der Waals surface area contributed by atoms with Crippen LogP contribution in [-0.2, 0) is 20.8 Å². The van der Waals surface area contributed by atoms with E-state index in [9.17, 15) is 19.6 Å². The molecule has 1 aromatic rings. The Bertz CT molecular complexity index is 759. The first kappa shape index (κ1) is 27.8.